The van der Waals surface area contributed by atoms with Gasteiger partial charge in [0.05, 0.1) is 5.69 Å². The number of ether oxygens (including phenoxy) is 1. The number of benzene rings is 9. The van der Waals surface area contributed by atoms with Crippen molar-refractivity contribution in [1.82, 2.24) is 0 Å². The van der Waals surface area contributed by atoms with Gasteiger partial charge < -0.3 is 9.64 Å². The van der Waals surface area contributed by atoms with E-state index in [1.807, 2.05) is 0 Å². The third-order valence-corrected chi connectivity index (χ3v) is 10.5. The zero-order valence-corrected chi connectivity index (χ0v) is 29.6. The van der Waals surface area contributed by atoms with Crippen LogP contribution < -0.4 is 9.64 Å². The van der Waals surface area contributed by atoms with Crippen LogP contribution in [0, 0.1) is 0 Å². The van der Waals surface area contributed by atoms with Gasteiger partial charge in [0, 0.05) is 27.9 Å². The molecule has 0 fully saturated rings. The van der Waals surface area contributed by atoms with Gasteiger partial charge in [0.15, 0.2) is 0 Å². The topological polar surface area (TPSA) is 12.5 Å². The van der Waals surface area contributed by atoms with Crippen LogP contribution in [0.2, 0.25) is 0 Å². The molecule has 0 atom stereocenters. The highest BCUT2D eigenvalue weighted by Crippen LogP contribution is 2.49. The summed E-state index contributed by atoms with van der Waals surface area (Å²) in [5.41, 5.74) is 15.0. The summed E-state index contributed by atoms with van der Waals surface area (Å²) in [5, 5.41) is 2.35. The van der Waals surface area contributed by atoms with Crippen molar-refractivity contribution in [2.24, 2.45) is 0 Å². The van der Waals surface area contributed by atoms with E-state index >= 15 is 0 Å². The quantitative estimate of drug-likeness (QED) is 0.165. The van der Waals surface area contributed by atoms with Crippen LogP contribution in [0.1, 0.15) is 0 Å². The molecule has 9 aromatic rings. The highest BCUT2D eigenvalue weighted by molar-refractivity contribution is 6.05. The van der Waals surface area contributed by atoms with Gasteiger partial charge in [-0.3, -0.25) is 0 Å². The number of para-hydroxylation sites is 2. The second-order valence-corrected chi connectivity index (χ2v) is 13.7. The zero-order chi connectivity index (χ0) is 35.8. The minimum Gasteiger partial charge on any atom is -0.456 e. The molecular formula is C52H35NO. The molecule has 0 bridgehead atoms. The van der Waals surface area contributed by atoms with E-state index in [1.165, 1.54) is 38.8 Å². The van der Waals surface area contributed by atoms with Gasteiger partial charge in [-0.05, 0) is 98.4 Å². The van der Waals surface area contributed by atoms with Gasteiger partial charge in [0.2, 0.25) is 0 Å². The molecule has 0 amide bonds. The first kappa shape index (κ1) is 31.6. The standard InChI is InChI=1S/C52H35NO/c1-3-16-36(17-4-1)42-24-7-8-25-43(42)44-26-9-10-27-45(44)46-28-11-12-30-49(46)53(40-21-5-2-6-22-40)41-23-13-20-38(34-41)39-32-33-50-48(35-39)47-29-14-18-37-19-15-31-51(54-50)52(37)47/h1-35H. The van der Waals surface area contributed by atoms with E-state index in [0.29, 0.717) is 0 Å². The number of rotatable bonds is 7. The number of fused-ring (bicyclic) bond motifs is 2. The van der Waals surface area contributed by atoms with Crippen LogP contribution in [-0.2, 0) is 0 Å². The molecule has 1 aliphatic rings. The third kappa shape index (κ3) is 5.53. The Morgan fingerprint density at radius 3 is 1.61 bits per heavy atom. The fraction of sp³-hybridized carbons (Fsp3) is 0. The first-order chi connectivity index (χ1) is 26.8. The maximum atomic E-state index is 6.44. The van der Waals surface area contributed by atoms with Crippen molar-refractivity contribution in [3.05, 3.63) is 212 Å². The zero-order valence-electron chi connectivity index (χ0n) is 29.6. The molecule has 2 heteroatoms. The lowest BCUT2D eigenvalue weighted by Gasteiger charge is -2.29. The van der Waals surface area contributed by atoms with E-state index in [-0.39, 0.29) is 0 Å². The Morgan fingerprint density at radius 1 is 0.296 bits per heavy atom. The average Bonchev–Trinajstić information content (AvgIpc) is 3.25. The third-order valence-electron chi connectivity index (χ3n) is 10.5. The van der Waals surface area contributed by atoms with Crippen LogP contribution in [0.25, 0.3) is 66.4 Å². The highest BCUT2D eigenvalue weighted by atomic mass is 16.5. The molecule has 254 valence electrons. The first-order valence-corrected chi connectivity index (χ1v) is 18.4. The van der Waals surface area contributed by atoms with Gasteiger partial charge >= 0.3 is 0 Å². The Labute approximate surface area is 315 Å². The van der Waals surface area contributed by atoms with Gasteiger partial charge in [-0.1, -0.05) is 164 Å². The fourth-order valence-corrected chi connectivity index (χ4v) is 8.01. The summed E-state index contributed by atoms with van der Waals surface area (Å²) in [6.45, 7) is 0. The van der Waals surface area contributed by atoms with Crippen molar-refractivity contribution in [1.29, 1.82) is 0 Å². The highest BCUT2D eigenvalue weighted by Gasteiger charge is 2.22. The second-order valence-electron chi connectivity index (χ2n) is 13.7. The summed E-state index contributed by atoms with van der Waals surface area (Å²) >= 11 is 0. The molecule has 0 aromatic heterocycles. The summed E-state index contributed by atoms with van der Waals surface area (Å²) in [7, 11) is 0. The number of hydrogen-bond acceptors (Lipinski definition) is 2. The molecule has 0 saturated heterocycles. The summed E-state index contributed by atoms with van der Waals surface area (Å²) in [6, 6.07) is 75.9. The average molecular weight is 690 g/mol. The van der Waals surface area contributed by atoms with Gasteiger partial charge in [0.25, 0.3) is 0 Å². The number of hydrogen-bond donors (Lipinski definition) is 0. The predicted molar refractivity (Wildman–Crippen MR) is 226 cm³/mol. The van der Waals surface area contributed by atoms with Crippen LogP contribution in [-0.4, -0.2) is 0 Å². The molecule has 0 radical (unpaired) electrons. The summed E-state index contributed by atoms with van der Waals surface area (Å²) in [4.78, 5) is 2.39. The molecule has 0 N–H and O–H groups in total. The lowest BCUT2D eigenvalue weighted by Crippen LogP contribution is -2.11. The van der Waals surface area contributed by atoms with Crippen molar-refractivity contribution in [2.45, 2.75) is 0 Å². The van der Waals surface area contributed by atoms with Crippen molar-refractivity contribution < 1.29 is 4.74 Å². The van der Waals surface area contributed by atoms with Crippen LogP contribution in [0.3, 0.4) is 0 Å². The normalized spacial score (nSPS) is 11.5. The maximum absolute atomic E-state index is 6.44. The molecule has 0 aliphatic carbocycles. The minimum atomic E-state index is 0.883. The SMILES string of the molecule is c1ccc(-c2ccccc2-c2ccccc2-c2ccccc2N(c2ccccc2)c2cccc(-c3ccc4c(c3)-c3cccc5cccc(c35)O4)c2)cc1. The molecular weight excluding hydrogens is 655 g/mol. The van der Waals surface area contributed by atoms with Gasteiger partial charge in [0.1, 0.15) is 11.5 Å². The Hall–Kier alpha value is -7.16. The van der Waals surface area contributed by atoms with Crippen LogP contribution in [0.15, 0.2) is 212 Å². The van der Waals surface area contributed by atoms with Gasteiger partial charge in [-0.15, -0.1) is 0 Å². The Bertz CT molecular complexity index is 2800. The van der Waals surface area contributed by atoms with Crippen LogP contribution >= 0.6 is 0 Å². The Balaban J connectivity index is 1.11. The van der Waals surface area contributed by atoms with E-state index in [1.54, 1.807) is 0 Å². The largest absolute Gasteiger partial charge is 0.456 e. The summed E-state index contributed by atoms with van der Waals surface area (Å²) in [6.07, 6.45) is 0. The van der Waals surface area contributed by atoms with Crippen LogP contribution in [0.5, 0.6) is 11.5 Å². The molecule has 1 aliphatic heterocycles. The molecule has 1 heterocycles. The lowest BCUT2D eigenvalue weighted by molar-refractivity contribution is 0.487. The number of nitrogens with zero attached hydrogens (tertiary/aromatic N) is 1. The van der Waals surface area contributed by atoms with E-state index in [0.717, 1.165) is 56.2 Å². The van der Waals surface area contributed by atoms with E-state index in [9.17, 15) is 0 Å². The summed E-state index contributed by atoms with van der Waals surface area (Å²) < 4.78 is 6.44. The smallest absolute Gasteiger partial charge is 0.135 e. The monoisotopic (exact) mass is 689 g/mol. The van der Waals surface area contributed by atoms with Crippen LogP contribution in [0.4, 0.5) is 17.1 Å². The molecule has 10 rings (SSSR count). The maximum Gasteiger partial charge on any atom is 0.135 e. The molecule has 2 nitrogen and oxygen atoms in total. The molecule has 0 spiro atoms. The Kier molecular flexibility index (Phi) is 7.85. The van der Waals surface area contributed by atoms with E-state index < -0.39 is 0 Å². The number of anilines is 3. The summed E-state index contributed by atoms with van der Waals surface area (Å²) in [5.74, 6) is 1.79. The van der Waals surface area contributed by atoms with Crippen molar-refractivity contribution in [3.63, 3.8) is 0 Å². The van der Waals surface area contributed by atoms with Crippen molar-refractivity contribution >= 4 is 27.8 Å². The molecule has 0 unspecified atom stereocenters. The predicted octanol–water partition coefficient (Wildman–Crippen LogP) is 14.8. The first-order valence-electron chi connectivity index (χ1n) is 18.4. The van der Waals surface area contributed by atoms with Crippen molar-refractivity contribution in [2.75, 3.05) is 4.90 Å². The van der Waals surface area contributed by atoms with Gasteiger partial charge in [-0.2, -0.15) is 0 Å². The lowest BCUT2D eigenvalue weighted by atomic mass is 9.88. The molecule has 54 heavy (non-hydrogen) atoms. The molecule has 9 aromatic carbocycles. The fourth-order valence-electron chi connectivity index (χ4n) is 8.01. The van der Waals surface area contributed by atoms with Crippen molar-refractivity contribution in [3.8, 4) is 67.1 Å². The second kappa shape index (κ2) is 13.4. The van der Waals surface area contributed by atoms with E-state index in [4.69, 9.17) is 4.74 Å². The Morgan fingerprint density at radius 2 is 0.833 bits per heavy atom. The van der Waals surface area contributed by atoms with E-state index in [2.05, 4.69) is 217 Å². The van der Waals surface area contributed by atoms with Gasteiger partial charge in [-0.25, -0.2) is 0 Å². The minimum absolute atomic E-state index is 0.883. The molecule has 0 saturated carbocycles.